The third-order valence-electron chi connectivity index (χ3n) is 3.73. The van der Waals surface area contributed by atoms with Gasteiger partial charge in [-0.2, -0.15) is 5.10 Å². The SMILES string of the molecule is O=C1NC[C@H](c2ccn[nH]2)C12CCC2. The summed E-state index contributed by atoms with van der Waals surface area (Å²) in [6.07, 6.45) is 4.99. The smallest absolute Gasteiger partial charge is 0.226 e. The fourth-order valence-corrected chi connectivity index (χ4v) is 2.73. The molecule has 0 bridgehead atoms. The van der Waals surface area contributed by atoms with Crippen molar-refractivity contribution in [3.8, 4) is 0 Å². The van der Waals surface area contributed by atoms with E-state index in [0.29, 0.717) is 5.92 Å². The van der Waals surface area contributed by atoms with Crippen molar-refractivity contribution in [3.63, 3.8) is 0 Å². The van der Waals surface area contributed by atoms with Crippen LogP contribution in [0.3, 0.4) is 0 Å². The topological polar surface area (TPSA) is 57.8 Å². The van der Waals surface area contributed by atoms with Crippen LogP contribution in [0.2, 0.25) is 0 Å². The molecule has 2 N–H and O–H groups in total. The van der Waals surface area contributed by atoms with Crippen molar-refractivity contribution >= 4 is 5.91 Å². The van der Waals surface area contributed by atoms with Crippen molar-refractivity contribution in [3.05, 3.63) is 18.0 Å². The van der Waals surface area contributed by atoms with Crippen LogP contribution in [0.5, 0.6) is 0 Å². The Morgan fingerprint density at radius 1 is 1.50 bits per heavy atom. The molecule has 2 fully saturated rings. The summed E-state index contributed by atoms with van der Waals surface area (Å²) in [6.45, 7) is 0.765. The highest BCUT2D eigenvalue weighted by atomic mass is 16.2. The van der Waals surface area contributed by atoms with Crippen LogP contribution in [0.15, 0.2) is 12.3 Å². The van der Waals surface area contributed by atoms with Crippen molar-refractivity contribution in [2.24, 2.45) is 5.41 Å². The maximum absolute atomic E-state index is 11.7. The average Bonchev–Trinajstić information content (AvgIpc) is 2.67. The molecule has 1 spiro atoms. The Hall–Kier alpha value is -1.32. The van der Waals surface area contributed by atoms with E-state index in [4.69, 9.17) is 0 Å². The second-order valence-electron chi connectivity index (χ2n) is 4.28. The highest BCUT2D eigenvalue weighted by Crippen LogP contribution is 2.53. The van der Waals surface area contributed by atoms with Crippen LogP contribution in [0.1, 0.15) is 30.9 Å². The van der Waals surface area contributed by atoms with Gasteiger partial charge in [0.25, 0.3) is 0 Å². The summed E-state index contributed by atoms with van der Waals surface area (Å²) in [5.41, 5.74) is 0.995. The van der Waals surface area contributed by atoms with Gasteiger partial charge >= 0.3 is 0 Å². The predicted octanol–water partition coefficient (Wildman–Crippen LogP) is 0.793. The van der Waals surface area contributed by atoms with Gasteiger partial charge in [0.2, 0.25) is 5.91 Å². The molecular formula is C10H13N3O. The second-order valence-corrected chi connectivity index (χ2v) is 4.28. The van der Waals surface area contributed by atoms with Gasteiger partial charge in [0.15, 0.2) is 0 Å². The zero-order chi connectivity index (χ0) is 9.60. The van der Waals surface area contributed by atoms with Gasteiger partial charge < -0.3 is 5.32 Å². The first-order chi connectivity index (χ1) is 6.83. The number of aromatic nitrogens is 2. The summed E-state index contributed by atoms with van der Waals surface area (Å²) in [4.78, 5) is 11.7. The maximum Gasteiger partial charge on any atom is 0.226 e. The summed E-state index contributed by atoms with van der Waals surface area (Å²) in [5.74, 6) is 0.551. The molecule has 0 radical (unpaired) electrons. The number of rotatable bonds is 1. The highest BCUT2D eigenvalue weighted by Gasteiger charge is 2.54. The average molecular weight is 191 g/mol. The number of nitrogens with one attached hydrogen (secondary N) is 2. The molecule has 1 aromatic rings. The normalized spacial score (nSPS) is 28.9. The molecule has 1 aliphatic carbocycles. The van der Waals surface area contributed by atoms with Gasteiger partial charge in [-0.25, -0.2) is 0 Å². The molecule has 3 rings (SSSR count). The fourth-order valence-electron chi connectivity index (χ4n) is 2.73. The Kier molecular flexibility index (Phi) is 1.48. The Balaban J connectivity index is 1.97. The molecule has 1 aliphatic heterocycles. The summed E-state index contributed by atoms with van der Waals surface area (Å²) < 4.78 is 0. The Bertz CT molecular complexity index is 353. The van der Waals surface area contributed by atoms with Crippen LogP contribution in [0.25, 0.3) is 0 Å². The van der Waals surface area contributed by atoms with Crippen LogP contribution in [-0.4, -0.2) is 22.6 Å². The number of carbonyl (C=O) groups excluding carboxylic acids is 1. The standard InChI is InChI=1S/C10H13N3O/c14-9-10(3-1-4-10)7(6-11-9)8-2-5-12-13-8/h2,5,7H,1,3-4,6H2,(H,11,14)(H,12,13)/t7-/m1/s1. The molecule has 4 nitrogen and oxygen atoms in total. The number of aromatic amines is 1. The molecule has 1 amide bonds. The lowest BCUT2D eigenvalue weighted by atomic mass is 9.61. The van der Waals surface area contributed by atoms with Gasteiger partial charge in [-0.1, -0.05) is 6.42 Å². The minimum atomic E-state index is -0.105. The minimum absolute atomic E-state index is 0.105. The van der Waals surface area contributed by atoms with Crippen molar-refractivity contribution in [2.75, 3.05) is 6.54 Å². The summed E-state index contributed by atoms with van der Waals surface area (Å²) in [6, 6.07) is 1.98. The molecule has 4 heteroatoms. The van der Waals surface area contributed by atoms with E-state index in [-0.39, 0.29) is 11.3 Å². The summed E-state index contributed by atoms with van der Waals surface area (Å²) in [5, 5.41) is 9.90. The lowest BCUT2D eigenvalue weighted by Crippen LogP contribution is -2.40. The lowest BCUT2D eigenvalue weighted by Gasteiger charge is -2.39. The number of carbonyl (C=O) groups is 1. The van der Waals surface area contributed by atoms with Crippen LogP contribution in [0, 0.1) is 5.41 Å². The Morgan fingerprint density at radius 2 is 2.36 bits per heavy atom. The van der Waals surface area contributed by atoms with Crippen LogP contribution < -0.4 is 5.32 Å². The molecule has 2 heterocycles. The van der Waals surface area contributed by atoms with Gasteiger partial charge in [-0.3, -0.25) is 9.89 Å². The Labute approximate surface area is 82.1 Å². The molecule has 14 heavy (non-hydrogen) atoms. The van der Waals surface area contributed by atoms with E-state index >= 15 is 0 Å². The highest BCUT2D eigenvalue weighted by molar-refractivity contribution is 5.87. The molecule has 74 valence electrons. The molecule has 0 aromatic carbocycles. The van der Waals surface area contributed by atoms with Crippen molar-refractivity contribution in [2.45, 2.75) is 25.2 Å². The van der Waals surface area contributed by atoms with Crippen molar-refractivity contribution in [1.82, 2.24) is 15.5 Å². The first-order valence-corrected chi connectivity index (χ1v) is 5.10. The van der Waals surface area contributed by atoms with Crippen LogP contribution in [0.4, 0.5) is 0 Å². The van der Waals surface area contributed by atoms with E-state index < -0.39 is 0 Å². The molecule has 2 aliphatic rings. The molecule has 1 atom stereocenters. The van der Waals surface area contributed by atoms with Gasteiger partial charge in [0.1, 0.15) is 0 Å². The number of hydrogen-bond acceptors (Lipinski definition) is 2. The van der Waals surface area contributed by atoms with Crippen molar-refractivity contribution < 1.29 is 4.79 Å². The fraction of sp³-hybridized carbons (Fsp3) is 0.600. The number of H-pyrrole nitrogens is 1. The summed E-state index contributed by atoms with van der Waals surface area (Å²) in [7, 11) is 0. The minimum Gasteiger partial charge on any atom is -0.355 e. The monoisotopic (exact) mass is 191 g/mol. The first kappa shape index (κ1) is 8.03. The third-order valence-corrected chi connectivity index (χ3v) is 3.73. The lowest BCUT2D eigenvalue weighted by molar-refractivity contribution is -0.132. The zero-order valence-electron chi connectivity index (χ0n) is 7.92. The quantitative estimate of drug-likeness (QED) is 0.689. The molecule has 0 unspecified atom stereocenters. The van der Waals surface area contributed by atoms with Crippen LogP contribution in [-0.2, 0) is 4.79 Å². The summed E-state index contributed by atoms with van der Waals surface area (Å²) >= 11 is 0. The number of hydrogen-bond donors (Lipinski definition) is 2. The Morgan fingerprint density at radius 3 is 2.93 bits per heavy atom. The van der Waals surface area contributed by atoms with Gasteiger partial charge in [0, 0.05) is 24.4 Å². The predicted molar refractivity (Wildman–Crippen MR) is 50.6 cm³/mol. The van der Waals surface area contributed by atoms with E-state index in [1.165, 1.54) is 6.42 Å². The molecule has 1 saturated heterocycles. The van der Waals surface area contributed by atoms with E-state index in [0.717, 1.165) is 25.1 Å². The van der Waals surface area contributed by atoms with E-state index in [2.05, 4.69) is 15.5 Å². The molecule has 1 aromatic heterocycles. The third kappa shape index (κ3) is 0.832. The van der Waals surface area contributed by atoms with Gasteiger partial charge in [-0.05, 0) is 18.9 Å². The van der Waals surface area contributed by atoms with Gasteiger partial charge in [-0.15, -0.1) is 0 Å². The second kappa shape index (κ2) is 2.59. The maximum atomic E-state index is 11.7. The zero-order valence-corrected chi connectivity index (χ0v) is 7.92. The van der Waals surface area contributed by atoms with E-state index in [1.54, 1.807) is 6.20 Å². The first-order valence-electron chi connectivity index (χ1n) is 5.10. The largest absolute Gasteiger partial charge is 0.355 e. The van der Waals surface area contributed by atoms with E-state index in [9.17, 15) is 4.79 Å². The molecule has 1 saturated carbocycles. The van der Waals surface area contributed by atoms with E-state index in [1.807, 2.05) is 6.07 Å². The number of amides is 1. The van der Waals surface area contributed by atoms with Crippen LogP contribution >= 0.6 is 0 Å². The van der Waals surface area contributed by atoms with Crippen molar-refractivity contribution in [1.29, 1.82) is 0 Å². The van der Waals surface area contributed by atoms with Gasteiger partial charge in [0.05, 0.1) is 5.41 Å². The number of nitrogens with zero attached hydrogens (tertiary/aromatic N) is 1. The molecular weight excluding hydrogens is 178 g/mol.